The summed E-state index contributed by atoms with van der Waals surface area (Å²) in [5.74, 6) is 0. The molecule has 1 amide bonds. The van der Waals surface area contributed by atoms with Crippen molar-refractivity contribution in [2.45, 2.75) is 6.54 Å². The second-order valence-electron chi connectivity index (χ2n) is 5.56. The van der Waals surface area contributed by atoms with Gasteiger partial charge in [0.1, 0.15) is 0 Å². The van der Waals surface area contributed by atoms with Gasteiger partial charge in [0.2, 0.25) is 0 Å². The van der Waals surface area contributed by atoms with Crippen LogP contribution in [0.1, 0.15) is 5.69 Å². The zero-order valence-electron chi connectivity index (χ0n) is 12.6. The quantitative estimate of drug-likeness (QED) is 0.940. The van der Waals surface area contributed by atoms with Crippen LogP contribution in [0, 0.1) is 0 Å². The Morgan fingerprint density at radius 1 is 1.18 bits per heavy atom. The van der Waals surface area contributed by atoms with E-state index >= 15 is 0 Å². The van der Waals surface area contributed by atoms with Gasteiger partial charge in [0.15, 0.2) is 0 Å². The van der Waals surface area contributed by atoms with Crippen molar-refractivity contribution in [1.82, 2.24) is 19.6 Å². The first kappa shape index (κ1) is 14.6. The minimum atomic E-state index is -0.827. The molecule has 3 rings (SSSR count). The smallest absolute Gasteiger partial charge is 0.407 e. The number of hydrogen-bond acceptors (Lipinski definition) is 3. The normalized spacial score (nSPS) is 16.0. The second-order valence-corrected chi connectivity index (χ2v) is 5.56. The molecule has 0 unspecified atom stereocenters. The maximum absolute atomic E-state index is 10.9. The summed E-state index contributed by atoms with van der Waals surface area (Å²) in [6.45, 7) is 3.46. The van der Waals surface area contributed by atoms with Gasteiger partial charge >= 0.3 is 6.09 Å². The van der Waals surface area contributed by atoms with E-state index in [1.165, 1.54) is 4.90 Å². The minimum Gasteiger partial charge on any atom is -0.465 e. The van der Waals surface area contributed by atoms with Crippen molar-refractivity contribution in [3.05, 3.63) is 42.1 Å². The van der Waals surface area contributed by atoms with Crippen LogP contribution in [0.4, 0.5) is 4.79 Å². The Hall–Kier alpha value is -2.34. The molecule has 6 nitrogen and oxygen atoms in total. The predicted octanol–water partition coefficient (Wildman–Crippen LogP) is 1.88. The molecule has 1 aliphatic rings. The van der Waals surface area contributed by atoms with Gasteiger partial charge in [0.05, 0.1) is 11.4 Å². The molecule has 1 aliphatic heterocycles. The summed E-state index contributed by atoms with van der Waals surface area (Å²) >= 11 is 0. The molecule has 6 heteroatoms. The first-order valence-corrected chi connectivity index (χ1v) is 7.42. The number of hydrogen-bond donors (Lipinski definition) is 1. The summed E-state index contributed by atoms with van der Waals surface area (Å²) in [5.41, 5.74) is 3.23. The molecule has 1 N–H and O–H groups in total. The molecule has 0 atom stereocenters. The number of amides is 1. The lowest BCUT2D eigenvalue weighted by atomic mass is 10.1. The Morgan fingerprint density at radius 2 is 1.86 bits per heavy atom. The first-order valence-electron chi connectivity index (χ1n) is 7.42. The van der Waals surface area contributed by atoms with Gasteiger partial charge in [-0.1, -0.05) is 30.3 Å². The molecule has 0 bridgehead atoms. The van der Waals surface area contributed by atoms with Crippen LogP contribution in [-0.2, 0) is 13.6 Å². The van der Waals surface area contributed by atoms with Gasteiger partial charge in [-0.25, -0.2) is 4.79 Å². The van der Waals surface area contributed by atoms with Crippen LogP contribution in [0.5, 0.6) is 0 Å². The summed E-state index contributed by atoms with van der Waals surface area (Å²) in [5, 5.41) is 13.6. The van der Waals surface area contributed by atoms with Crippen LogP contribution in [0.2, 0.25) is 0 Å². The van der Waals surface area contributed by atoms with E-state index in [9.17, 15) is 4.79 Å². The number of carbonyl (C=O) groups is 1. The first-order chi connectivity index (χ1) is 10.6. The zero-order valence-corrected chi connectivity index (χ0v) is 12.6. The van der Waals surface area contributed by atoms with E-state index in [0.717, 1.165) is 36.6 Å². The van der Waals surface area contributed by atoms with Crippen LogP contribution in [0.3, 0.4) is 0 Å². The van der Waals surface area contributed by atoms with E-state index < -0.39 is 6.09 Å². The Morgan fingerprint density at radius 3 is 2.50 bits per heavy atom. The van der Waals surface area contributed by atoms with Gasteiger partial charge in [0.25, 0.3) is 0 Å². The van der Waals surface area contributed by atoms with E-state index in [-0.39, 0.29) is 0 Å². The van der Waals surface area contributed by atoms with E-state index in [1.54, 1.807) is 0 Å². The van der Waals surface area contributed by atoms with Crippen molar-refractivity contribution < 1.29 is 9.90 Å². The van der Waals surface area contributed by atoms with Crippen LogP contribution >= 0.6 is 0 Å². The average molecular weight is 300 g/mol. The van der Waals surface area contributed by atoms with Crippen LogP contribution in [0.25, 0.3) is 11.3 Å². The molecule has 2 aromatic rings. The lowest BCUT2D eigenvalue weighted by molar-refractivity contribution is 0.102. The second kappa shape index (κ2) is 6.19. The molecule has 2 heterocycles. The molecule has 0 radical (unpaired) electrons. The van der Waals surface area contributed by atoms with Crippen molar-refractivity contribution in [2.75, 3.05) is 26.2 Å². The maximum Gasteiger partial charge on any atom is 0.407 e. The largest absolute Gasteiger partial charge is 0.465 e. The molecular weight excluding hydrogens is 280 g/mol. The SMILES string of the molecule is Cn1nc(-c2ccccc2)cc1CN1CCN(C(=O)O)CC1. The average Bonchev–Trinajstić information content (AvgIpc) is 2.90. The van der Waals surface area contributed by atoms with Gasteiger partial charge in [-0.05, 0) is 6.07 Å². The summed E-state index contributed by atoms with van der Waals surface area (Å²) < 4.78 is 1.91. The highest BCUT2D eigenvalue weighted by Crippen LogP contribution is 2.19. The number of piperazine rings is 1. The number of carboxylic acid groups (broad SMARTS) is 1. The third kappa shape index (κ3) is 3.12. The van der Waals surface area contributed by atoms with Gasteiger partial charge in [-0.15, -0.1) is 0 Å². The topological polar surface area (TPSA) is 61.6 Å². The lowest BCUT2D eigenvalue weighted by Gasteiger charge is -2.32. The summed E-state index contributed by atoms with van der Waals surface area (Å²) in [6.07, 6.45) is -0.827. The predicted molar refractivity (Wildman–Crippen MR) is 83.5 cm³/mol. The molecule has 22 heavy (non-hydrogen) atoms. The van der Waals surface area contributed by atoms with Crippen molar-refractivity contribution in [3.8, 4) is 11.3 Å². The number of rotatable bonds is 3. The van der Waals surface area contributed by atoms with Crippen molar-refractivity contribution in [2.24, 2.45) is 7.05 Å². The lowest BCUT2D eigenvalue weighted by Crippen LogP contribution is -2.47. The highest BCUT2D eigenvalue weighted by atomic mass is 16.4. The van der Waals surface area contributed by atoms with E-state index in [2.05, 4.69) is 28.2 Å². The highest BCUT2D eigenvalue weighted by Gasteiger charge is 2.21. The molecule has 1 aromatic carbocycles. The molecule has 1 aromatic heterocycles. The third-order valence-corrected chi connectivity index (χ3v) is 4.07. The molecule has 0 aliphatic carbocycles. The fourth-order valence-electron chi connectivity index (χ4n) is 2.73. The van der Waals surface area contributed by atoms with Crippen molar-refractivity contribution in [1.29, 1.82) is 0 Å². The van der Waals surface area contributed by atoms with Crippen molar-refractivity contribution >= 4 is 6.09 Å². The Kier molecular flexibility index (Phi) is 4.11. The van der Waals surface area contributed by atoms with Gasteiger partial charge in [-0.2, -0.15) is 5.10 Å². The number of aromatic nitrogens is 2. The molecule has 1 saturated heterocycles. The van der Waals surface area contributed by atoms with Crippen LogP contribution in [-0.4, -0.2) is 57.0 Å². The zero-order chi connectivity index (χ0) is 15.5. The monoisotopic (exact) mass is 300 g/mol. The number of aryl methyl sites for hydroxylation is 1. The fourth-order valence-corrected chi connectivity index (χ4v) is 2.73. The van der Waals surface area contributed by atoms with E-state index in [1.807, 2.05) is 29.9 Å². The summed E-state index contributed by atoms with van der Waals surface area (Å²) in [4.78, 5) is 14.7. The Balaban J connectivity index is 1.67. The maximum atomic E-state index is 10.9. The number of benzene rings is 1. The van der Waals surface area contributed by atoms with Gasteiger partial charge in [-0.3, -0.25) is 9.58 Å². The Bertz CT molecular complexity index is 645. The number of nitrogens with zero attached hydrogens (tertiary/aromatic N) is 4. The molecule has 0 spiro atoms. The third-order valence-electron chi connectivity index (χ3n) is 4.07. The minimum absolute atomic E-state index is 0.568. The highest BCUT2D eigenvalue weighted by molar-refractivity contribution is 5.65. The van der Waals surface area contributed by atoms with Crippen LogP contribution in [0.15, 0.2) is 36.4 Å². The van der Waals surface area contributed by atoms with Crippen LogP contribution < -0.4 is 0 Å². The molecule has 0 saturated carbocycles. The summed E-state index contributed by atoms with van der Waals surface area (Å²) in [6, 6.07) is 12.2. The Labute approximate surface area is 129 Å². The van der Waals surface area contributed by atoms with E-state index in [0.29, 0.717) is 13.1 Å². The fraction of sp³-hybridized carbons (Fsp3) is 0.375. The van der Waals surface area contributed by atoms with Gasteiger partial charge in [0, 0.05) is 45.3 Å². The standard InChI is InChI=1S/C16H20N4O2/c1-18-14(11-15(17-18)13-5-3-2-4-6-13)12-19-7-9-20(10-8-19)16(21)22/h2-6,11H,7-10,12H2,1H3,(H,21,22). The molecular formula is C16H20N4O2. The molecule has 116 valence electrons. The molecule has 1 fully saturated rings. The summed E-state index contributed by atoms with van der Waals surface area (Å²) in [7, 11) is 1.95. The van der Waals surface area contributed by atoms with E-state index in [4.69, 9.17) is 5.11 Å². The van der Waals surface area contributed by atoms with Gasteiger partial charge < -0.3 is 10.0 Å². The van der Waals surface area contributed by atoms with Crippen molar-refractivity contribution in [3.63, 3.8) is 0 Å².